The van der Waals surface area contributed by atoms with Crippen LogP contribution in [-0.2, 0) is 4.75 Å². The molecule has 0 nitrogen and oxygen atoms in total. The molecular weight excluding hydrogens is 200 g/mol. The van der Waals surface area contributed by atoms with Gasteiger partial charge in [-0.2, -0.15) is 12.6 Å². The average Bonchev–Trinajstić information content (AvgIpc) is 2.28. The summed E-state index contributed by atoms with van der Waals surface area (Å²) in [5.41, 5.74) is 2.75. The van der Waals surface area contributed by atoms with Crippen LogP contribution in [0.15, 0.2) is 24.3 Å². The highest BCUT2D eigenvalue weighted by Gasteiger charge is 2.18. The van der Waals surface area contributed by atoms with E-state index in [1.54, 1.807) is 0 Å². The first kappa shape index (κ1) is 12.6. The van der Waals surface area contributed by atoms with E-state index < -0.39 is 0 Å². The number of hydrogen-bond donors (Lipinski definition) is 1. The van der Waals surface area contributed by atoms with Crippen molar-refractivity contribution in [2.24, 2.45) is 0 Å². The summed E-state index contributed by atoms with van der Waals surface area (Å²) in [6.07, 6.45) is 2.25. The summed E-state index contributed by atoms with van der Waals surface area (Å²) in [6, 6.07) is 8.93. The van der Waals surface area contributed by atoms with Crippen molar-refractivity contribution in [2.75, 3.05) is 0 Å². The Balaban J connectivity index is 2.90. The summed E-state index contributed by atoms with van der Waals surface area (Å²) in [5.74, 6) is 0.659. The number of hydrogen-bond acceptors (Lipinski definition) is 1. The molecule has 0 N–H and O–H groups in total. The van der Waals surface area contributed by atoms with Gasteiger partial charge < -0.3 is 0 Å². The SMILES string of the molecule is CCC(C)c1ccc(C(C)(S)CC)cc1. The number of rotatable bonds is 4. The third kappa shape index (κ3) is 3.01. The van der Waals surface area contributed by atoms with Crippen molar-refractivity contribution >= 4 is 12.6 Å². The van der Waals surface area contributed by atoms with E-state index in [4.69, 9.17) is 0 Å². The fraction of sp³-hybridized carbons (Fsp3) is 0.571. The fourth-order valence-electron chi connectivity index (χ4n) is 1.61. The zero-order valence-corrected chi connectivity index (χ0v) is 11.1. The highest BCUT2D eigenvalue weighted by Crippen LogP contribution is 2.32. The molecule has 2 unspecified atom stereocenters. The topological polar surface area (TPSA) is 0 Å². The Morgan fingerprint density at radius 1 is 1.20 bits per heavy atom. The highest BCUT2D eigenvalue weighted by molar-refractivity contribution is 7.81. The second-order valence-corrected chi connectivity index (χ2v) is 5.55. The van der Waals surface area contributed by atoms with Gasteiger partial charge in [-0.15, -0.1) is 0 Å². The van der Waals surface area contributed by atoms with Gasteiger partial charge in [0.05, 0.1) is 0 Å². The lowest BCUT2D eigenvalue weighted by atomic mass is 9.92. The van der Waals surface area contributed by atoms with Crippen LogP contribution in [0.5, 0.6) is 0 Å². The van der Waals surface area contributed by atoms with Crippen molar-refractivity contribution in [1.29, 1.82) is 0 Å². The van der Waals surface area contributed by atoms with E-state index in [9.17, 15) is 0 Å². The second-order valence-electron chi connectivity index (χ2n) is 4.56. The average molecular weight is 222 g/mol. The first-order chi connectivity index (χ1) is 7.01. The third-order valence-electron chi connectivity index (χ3n) is 3.40. The minimum atomic E-state index is 0.00792. The minimum absolute atomic E-state index is 0.00792. The Labute approximate surface area is 99.5 Å². The Kier molecular flexibility index (Phi) is 4.27. The Morgan fingerprint density at radius 2 is 1.73 bits per heavy atom. The molecular formula is C14H22S. The van der Waals surface area contributed by atoms with Gasteiger partial charge in [0, 0.05) is 4.75 Å². The number of benzene rings is 1. The van der Waals surface area contributed by atoms with Crippen LogP contribution < -0.4 is 0 Å². The van der Waals surface area contributed by atoms with Gasteiger partial charge in [-0.1, -0.05) is 45.0 Å². The van der Waals surface area contributed by atoms with Gasteiger partial charge in [0.25, 0.3) is 0 Å². The molecule has 0 aliphatic heterocycles. The van der Waals surface area contributed by atoms with Gasteiger partial charge in [0.15, 0.2) is 0 Å². The fourth-order valence-corrected chi connectivity index (χ4v) is 1.76. The van der Waals surface area contributed by atoms with E-state index in [0.717, 1.165) is 6.42 Å². The van der Waals surface area contributed by atoms with Crippen LogP contribution in [0, 0.1) is 0 Å². The van der Waals surface area contributed by atoms with Crippen molar-refractivity contribution in [3.63, 3.8) is 0 Å². The molecule has 1 aromatic rings. The van der Waals surface area contributed by atoms with Gasteiger partial charge >= 0.3 is 0 Å². The van der Waals surface area contributed by atoms with E-state index in [2.05, 4.69) is 64.6 Å². The van der Waals surface area contributed by atoms with E-state index in [1.807, 2.05) is 0 Å². The van der Waals surface area contributed by atoms with E-state index in [0.29, 0.717) is 5.92 Å². The lowest BCUT2D eigenvalue weighted by molar-refractivity contribution is 0.668. The molecule has 0 aliphatic rings. The molecule has 0 saturated carbocycles. The van der Waals surface area contributed by atoms with Crippen molar-refractivity contribution in [1.82, 2.24) is 0 Å². The zero-order chi connectivity index (χ0) is 11.5. The molecule has 0 spiro atoms. The van der Waals surface area contributed by atoms with Crippen molar-refractivity contribution in [3.05, 3.63) is 35.4 Å². The molecule has 0 aliphatic carbocycles. The Hall–Kier alpha value is -0.430. The first-order valence-electron chi connectivity index (χ1n) is 5.84. The molecule has 1 rings (SSSR count). The third-order valence-corrected chi connectivity index (χ3v) is 3.98. The summed E-state index contributed by atoms with van der Waals surface area (Å²) in [5, 5.41) is 0. The largest absolute Gasteiger partial charge is 0.168 e. The highest BCUT2D eigenvalue weighted by atomic mass is 32.1. The molecule has 0 amide bonds. The molecule has 2 atom stereocenters. The quantitative estimate of drug-likeness (QED) is 0.698. The molecule has 1 heteroatoms. The number of thiol groups is 1. The molecule has 0 radical (unpaired) electrons. The zero-order valence-electron chi connectivity index (χ0n) is 10.2. The predicted molar refractivity (Wildman–Crippen MR) is 71.8 cm³/mol. The van der Waals surface area contributed by atoms with Gasteiger partial charge in [-0.3, -0.25) is 0 Å². The summed E-state index contributed by atoms with van der Waals surface area (Å²) in [4.78, 5) is 0. The molecule has 15 heavy (non-hydrogen) atoms. The Bertz CT molecular complexity index is 298. The molecule has 0 fully saturated rings. The van der Waals surface area contributed by atoms with Crippen LogP contribution in [0.3, 0.4) is 0 Å². The summed E-state index contributed by atoms with van der Waals surface area (Å²) >= 11 is 4.69. The minimum Gasteiger partial charge on any atom is -0.168 e. The van der Waals surface area contributed by atoms with E-state index in [-0.39, 0.29) is 4.75 Å². The second kappa shape index (κ2) is 5.07. The summed E-state index contributed by atoms with van der Waals surface area (Å²) < 4.78 is 0.00792. The maximum atomic E-state index is 4.69. The standard InChI is InChI=1S/C14H22S/c1-5-11(3)12-7-9-13(10-8-12)14(4,15)6-2/h7-11,15H,5-6H2,1-4H3. The molecule has 84 valence electrons. The summed E-state index contributed by atoms with van der Waals surface area (Å²) in [7, 11) is 0. The molecule has 0 aromatic heterocycles. The molecule has 1 aromatic carbocycles. The van der Waals surface area contributed by atoms with Crippen molar-refractivity contribution < 1.29 is 0 Å². The molecule has 0 bridgehead atoms. The molecule has 0 heterocycles. The van der Waals surface area contributed by atoms with Crippen LogP contribution in [0.2, 0.25) is 0 Å². The predicted octanol–water partition coefficient (Wildman–Crippen LogP) is 4.76. The van der Waals surface area contributed by atoms with Crippen molar-refractivity contribution in [3.8, 4) is 0 Å². The van der Waals surface area contributed by atoms with Gasteiger partial charge in [0.2, 0.25) is 0 Å². The maximum absolute atomic E-state index is 4.69. The normalized spacial score (nSPS) is 17.1. The van der Waals surface area contributed by atoms with Crippen LogP contribution in [0.4, 0.5) is 0 Å². The van der Waals surface area contributed by atoms with E-state index in [1.165, 1.54) is 17.5 Å². The first-order valence-corrected chi connectivity index (χ1v) is 6.28. The van der Waals surface area contributed by atoms with Crippen LogP contribution in [0.1, 0.15) is 57.6 Å². The van der Waals surface area contributed by atoms with Gasteiger partial charge in [-0.25, -0.2) is 0 Å². The van der Waals surface area contributed by atoms with E-state index >= 15 is 0 Å². The lowest BCUT2D eigenvalue weighted by Gasteiger charge is -2.22. The monoisotopic (exact) mass is 222 g/mol. The smallest absolute Gasteiger partial charge is 0.0347 e. The van der Waals surface area contributed by atoms with Gasteiger partial charge in [0.1, 0.15) is 0 Å². The van der Waals surface area contributed by atoms with Crippen LogP contribution >= 0.6 is 12.6 Å². The Morgan fingerprint density at radius 3 is 2.13 bits per heavy atom. The lowest BCUT2D eigenvalue weighted by Crippen LogP contribution is -2.11. The van der Waals surface area contributed by atoms with Crippen molar-refractivity contribution in [2.45, 2.75) is 51.2 Å². The van der Waals surface area contributed by atoms with Crippen LogP contribution in [-0.4, -0.2) is 0 Å². The maximum Gasteiger partial charge on any atom is 0.0347 e. The van der Waals surface area contributed by atoms with Gasteiger partial charge in [-0.05, 0) is 36.8 Å². The molecule has 0 saturated heterocycles. The van der Waals surface area contributed by atoms with Crippen LogP contribution in [0.25, 0.3) is 0 Å². The summed E-state index contributed by atoms with van der Waals surface area (Å²) in [6.45, 7) is 8.85.